The van der Waals surface area contributed by atoms with E-state index in [2.05, 4.69) is 26.1 Å². The lowest BCUT2D eigenvalue weighted by Crippen LogP contribution is -2.47. The van der Waals surface area contributed by atoms with Crippen molar-refractivity contribution in [2.45, 2.75) is 65.1 Å². The zero-order valence-electron chi connectivity index (χ0n) is 11.0. The van der Waals surface area contributed by atoms with Gasteiger partial charge in [-0.05, 0) is 37.6 Å². The molecule has 4 heteroatoms. The zero-order chi connectivity index (χ0) is 13.1. The molecule has 17 heavy (non-hydrogen) atoms. The molecule has 0 saturated carbocycles. The normalized spacial score (nSPS) is 27.2. The van der Waals surface area contributed by atoms with Gasteiger partial charge in [-0.15, -0.1) is 0 Å². The summed E-state index contributed by atoms with van der Waals surface area (Å²) in [7, 11) is 0. The maximum Gasteiger partial charge on any atom is 0.393 e. The molecule has 2 atom stereocenters. The summed E-state index contributed by atoms with van der Waals surface area (Å²) < 4.78 is 38.4. The van der Waals surface area contributed by atoms with Crippen LogP contribution in [-0.4, -0.2) is 18.8 Å². The number of halogens is 3. The van der Waals surface area contributed by atoms with Crippen molar-refractivity contribution in [3.05, 3.63) is 0 Å². The van der Waals surface area contributed by atoms with Crippen LogP contribution in [-0.2, 0) is 0 Å². The first-order valence-corrected chi connectivity index (χ1v) is 6.50. The van der Waals surface area contributed by atoms with E-state index in [0.29, 0.717) is 12.8 Å². The van der Waals surface area contributed by atoms with Crippen molar-refractivity contribution < 1.29 is 13.2 Å². The summed E-state index contributed by atoms with van der Waals surface area (Å²) in [5.74, 6) is -1.14. The molecule has 1 saturated heterocycles. The van der Waals surface area contributed by atoms with E-state index in [1.807, 2.05) is 0 Å². The summed E-state index contributed by atoms with van der Waals surface area (Å²) in [6.45, 7) is 7.11. The van der Waals surface area contributed by atoms with Crippen LogP contribution in [0.25, 0.3) is 0 Å². The highest BCUT2D eigenvalue weighted by molar-refractivity contribution is 4.85. The van der Waals surface area contributed by atoms with Crippen LogP contribution < -0.4 is 5.32 Å². The van der Waals surface area contributed by atoms with Gasteiger partial charge in [-0.1, -0.05) is 27.2 Å². The maximum absolute atomic E-state index is 12.8. The van der Waals surface area contributed by atoms with E-state index in [1.54, 1.807) is 0 Å². The minimum absolute atomic E-state index is 0.211. The van der Waals surface area contributed by atoms with Gasteiger partial charge in [0.05, 0.1) is 5.92 Å². The predicted molar refractivity (Wildman–Crippen MR) is 63.9 cm³/mol. The number of hydrogen-bond acceptors (Lipinski definition) is 1. The largest absolute Gasteiger partial charge is 0.393 e. The smallest absolute Gasteiger partial charge is 0.313 e. The molecular formula is C13H24F3N. The molecule has 0 aromatic rings. The Morgan fingerprint density at radius 3 is 2.35 bits per heavy atom. The van der Waals surface area contributed by atoms with Crippen LogP contribution >= 0.6 is 0 Å². The summed E-state index contributed by atoms with van der Waals surface area (Å²) in [5.41, 5.74) is 0.211. The average molecular weight is 251 g/mol. The van der Waals surface area contributed by atoms with Gasteiger partial charge in [-0.2, -0.15) is 13.2 Å². The summed E-state index contributed by atoms with van der Waals surface area (Å²) in [4.78, 5) is 0. The summed E-state index contributed by atoms with van der Waals surface area (Å²) in [5, 5.41) is 3.04. The van der Waals surface area contributed by atoms with Gasteiger partial charge in [0, 0.05) is 6.04 Å². The maximum atomic E-state index is 12.8. The molecule has 1 fully saturated rings. The SMILES string of the molecule is CC(C)(C)CCCC1NCCCC1C(F)(F)F. The minimum Gasteiger partial charge on any atom is -0.313 e. The van der Waals surface area contributed by atoms with Crippen molar-refractivity contribution in [2.75, 3.05) is 6.54 Å². The van der Waals surface area contributed by atoms with Crippen molar-refractivity contribution in [1.82, 2.24) is 5.32 Å². The molecule has 1 heterocycles. The van der Waals surface area contributed by atoms with Crippen LogP contribution in [0.1, 0.15) is 52.9 Å². The molecule has 0 aromatic heterocycles. The fourth-order valence-corrected chi connectivity index (χ4v) is 2.50. The van der Waals surface area contributed by atoms with E-state index >= 15 is 0 Å². The molecule has 0 aromatic carbocycles. The number of hydrogen-bond donors (Lipinski definition) is 1. The Morgan fingerprint density at radius 2 is 1.82 bits per heavy atom. The Kier molecular flexibility index (Phi) is 4.87. The van der Waals surface area contributed by atoms with Gasteiger partial charge in [0.25, 0.3) is 0 Å². The van der Waals surface area contributed by atoms with Gasteiger partial charge in [0.15, 0.2) is 0 Å². The van der Waals surface area contributed by atoms with Crippen LogP contribution in [0.3, 0.4) is 0 Å². The molecular weight excluding hydrogens is 227 g/mol. The quantitative estimate of drug-likeness (QED) is 0.795. The zero-order valence-corrected chi connectivity index (χ0v) is 11.0. The average Bonchev–Trinajstić information content (AvgIpc) is 2.15. The lowest BCUT2D eigenvalue weighted by Gasteiger charge is -2.34. The van der Waals surface area contributed by atoms with Crippen LogP contribution in [0.5, 0.6) is 0 Å². The highest BCUT2D eigenvalue weighted by Crippen LogP contribution is 2.36. The Labute approximate surface area is 102 Å². The summed E-state index contributed by atoms with van der Waals surface area (Å²) >= 11 is 0. The lowest BCUT2D eigenvalue weighted by molar-refractivity contribution is -0.188. The van der Waals surface area contributed by atoms with Crippen LogP contribution in [0, 0.1) is 11.3 Å². The van der Waals surface area contributed by atoms with Crippen LogP contribution in [0.4, 0.5) is 13.2 Å². The van der Waals surface area contributed by atoms with Gasteiger partial charge in [-0.25, -0.2) is 0 Å². The van der Waals surface area contributed by atoms with Crippen molar-refractivity contribution >= 4 is 0 Å². The molecule has 0 amide bonds. The monoisotopic (exact) mass is 251 g/mol. The standard InChI is InChI=1S/C13H24F3N/c1-12(2,3)8-4-7-11-10(13(14,15)16)6-5-9-17-11/h10-11,17H,4-9H2,1-3H3. The van der Waals surface area contributed by atoms with Crippen molar-refractivity contribution in [1.29, 1.82) is 0 Å². The first-order chi connectivity index (χ1) is 7.70. The second kappa shape index (κ2) is 5.59. The topological polar surface area (TPSA) is 12.0 Å². The highest BCUT2D eigenvalue weighted by Gasteiger charge is 2.45. The fourth-order valence-electron chi connectivity index (χ4n) is 2.50. The lowest BCUT2D eigenvalue weighted by atomic mass is 9.84. The van der Waals surface area contributed by atoms with E-state index in [9.17, 15) is 13.2 Å². The van der Waals surface area contributed by atoms with Crippen LogP contribution in [0.2, 0.25) is 0 Å². The van der Waals surface area contributed by atoms with Gasteiger partial charge < -0.3 is 5.32 Å². The third-order valence-electron chi connectivity index (χ3n) is 3.45. The van der Waals surface area contributed by atoms with Gasteiger partial charge >= 0.3 is 6.18 Å². The molecule has 0 spiro atoms. The van der Waals surface area contributed by atoms with Crippen molar-refractivity contribution in [3.8, 4) is 0 Å². The van der Waals surface area contributed by atoms with Crippen molar-refractivity contribution in [2.24, 2.45) is 11.3 Å². The van der Waals surface area contributed by atoms with Crippen molar-refractivity contribution in [3.63, 3.8) is 0 Å². The first-order valence-electron chi connectivity index (χ1n) is 6.50. The number of nitrogens with one attached hydrogen (secondary N) is 1. The van der Waals surface area contributed by atoms with E-state index in [-0.39, 0.29) is 17.9 Å². The Morgan fingerprint density at radius 1 is 1.18 bits per heavy atom. The second-order valence-corrected chi connectivity index (χ2v) is 6.30. The predicted octanol–water partition coefficient (Wildman–Crippen LogP) is 4.13. The highest BCUT2D eigenvalue weighted by atomic mass is 19.4. The molecule has 0 bridgehead atoms. The molecule has 102 valence electrons. The molecule has 1 N–H and O–H groups in total. The first kappa shape index (κ1) is 14.8. The molecule has 0 aliphatic carbocycles. The Hall–Kier alpha value is -0.250. The summed E-state index contributed by atoms with van der Waals surface area (Å²) in [6.07, 6.45) is -0.624. The molecule has 0 radical (unpaired) electrons. The second-order valence-electron chi connectivity index (χ2n) is 6.30. The Balaban J connectivity index is 2.44. The van der Waals surface area contributed by atoms with E-state index in [0.717, 1.165) is 19.4 Å². The van der Waals surface area contributed by atoms with E-state index in [4.69, 9.17) is 0 Å². The van der Waals surface area contributed by atoms with E-state index < -0.39 is 12.1 Å². The molecule has 1 aliphatic rings. The molecule has 1 nitrogen and oxygen atoms in total. The molecule has 2 unspecified atom stereocenters. The van der Waals surface area contributed by atoms with Gasteiger partial charge in [-0.3, -0.25) is 0 Å². The molecule has 1 rings (SSSR count). The third kappa shape index (κ3) is 5.28. The number of rotatable bonds is 3. The Bertz CT molecular complexity index is 230. The van der Waals surface area contributed by atoms with Crippen LogP contribution in [0.15, 0.2) is 0 Å². The van der Waals surface area contributed by atoms with Gasteiger partial charge in [0.2, 0.25) is 0 Å². The molecule has 1 aliphatic heterocycles. The van der Waals surface area contributed by atoms with Gasteiger partial charge in [0.1, 0.15) is 0 Å². The third-order valence-corrected chi connectivity index (χ3v) is 3.45. The summed E-state index contributed by atoms with van der Waals surface area (Å²) in [6, 6.07) is -0.369. The van der Waals surface area contributed by atoms with E-state index in [1.165, 1.54) is 0 Å². The number of piperidine rings is 1. The number of alkyl halides is 3. The minimum atomic E-state index is -4.04. The fraction of sp³-hybridized carbons (Fsp3) is 1.00.